The molecular weight excluding hydrogens is 474 g/mol. The molecule has 5 nitrogen and oxygen atoms in total. The first-order valence-corrected chi connectivity index (χ1v) is 10.2. The van der Waals surface area contributed by atoms with Gasteiger partial charge in [0.1, 0.15) is 17.8 Å². The Kier molecular flexibility index (Phi) is 6.56. The van der Waals surface area contributed by atoms with Crippen molar-refractivity contribution in [3.63, 3.8) is 0 Å². The van der Waals surface area contributed by atoms with E-state index in [0.717, 1.165) is 21.1 Å². The first kappa shape index (κ1) is 20.6. The maximum absolute atomic E-state index is 13.6. The molecule has 28 heavy (non-hydrogen) atoms. The van der Waals surface area contributed by atoms with Gasteiger partial charge in [-0.1, -0.05) is 13.8 Å². The maximum Gasteiger partial charge on any atom is 0.257 e. The van der Waals surface area contributed by atoms with Crippen LogP contribution in [0, 0.1) is 9.39 Å². The third kappa shape index (κ3) is 4.47. The number of nitrogens with one attached hydrogen (secondary N) is 2. The number of carbonyl (C=O) groups is 1. The zero-order chi connectivity index (χ0) is 20.3. The van der Waals surface area contributed by atoms with Crippen molar-refractivity contribution in [3.05, 3.63) is 63.1 Å². The predicted octanol–water partition coefficient (Wildman–Crippen LogP) is 4.55. The van der Waals surface area contributed by atoms with E-state index in [9.17, 15) is 14.3 Å². The van der Waals surface area contributed by atoms with Crippen LogP contribution >= 0.6 is 22.6 Å². The normalized spacial score (nSPS) is 13.3. The number of aliphatic hydroxyl groups excluding tert-OH is 1. The second-order valence-electron chi connectivity index (χ2n) is 6.63. The SMILES string of the molecule is CCCOc1ccc(I)cc1C(=O)NC(O)C(C)c1c[nH]c2ccc(F)cc12. The third-order valence-corrected chi connectivity index (χ3v) is 5.24. The number of carbonyl (C=O) groups excluding carboxylic acids is 1. The molecule has 2 unspecified atom stereocenters. The number of ether oxygens (including phenoxy) is 1. The van der Waals surface area contributed by atoms with Crippen LogP contribution in [0.4, 0.5) is 4.39 Å². The monoisotopic (exact) mass is 496 g/mol. The molecule has 0 fully saturated rings. The van der Waals surface area contributed by atoms with E-state index in [0.29, 0.717) is 23.3 Å². The summed E-state index contributed by atoms with van der Waals surface area (Å²) < 4.78 is 20.2. The summed E-state index contributed by atoms with van der Waals surface area (Å²) in [7, 11) is 0. The van der Waals surface area contributed by atoms with Gasteiger partial charge in [0.2, 0.25) is 0 Å². The van der Waals surface area contributed by atoms with E-state index < -0.39 is 18.1 Å². The first-order chi connectivity index (χ1) is 13.4. The number of hydrogen-bond donors (Lipinski definition) is 3. The number of aliphatic hydroxyl groups is 1. The van der Waals surface area contributed by atoms with Gasteiger partial charge >= 0.3 is 0 Å². The van der Waals surface area contributed by atoms with E-state index in [1.54, 1.807) is 31.3 Å². The smallest absolute Gasteiger partial charge is 0.257 e. The fraction of sp³-hybridized carbons (Fsp3) is 0.286. The topological polar surface area (TPSA) is 74.3 Å². The van der Waals surface area contributed by atoms with Crippen LogP contribution in [0.2, 0.25) is 0 Å². The molecular formula is C21H22FIN2O3. The Morgan fingerprint density at radius 2 is 2.11 bits per heavy atom. The molecule has 0 radical (unpaired) electrons. The van der Waals surface area contributed by atoms with E-state index in [4.69, 9.17) is 4.74 Å². The molecule has 3 N–H and O–H groups in total. The van der Waals surface area contributed by atoms with Gasteiger partial charge in [0.05, 0.1) is 12.2 Å². The van der Waals surface area contributed by atoms with Gasteiger partial charge in [-0.05, 0) is 71.0 Å². The van der Waals surface area contributed by atoms with Crippen LogP contribution in [0.1, 0.15) is 42.1 Å². The Balaban J connectivity index is 1.80. The van der Waals surface area contributed by atoms with E-state index in [2.05, 4.69) is 32.9 Å². The quantitative estimate of drug-likeness (QED) is 0.332. The highest BCUT2D eigenvalue weighted by molar-refractivity contribution is 14.1. The molecule has 0 saturated heterocycles. The van der Waals surface area contributed by atoms with Crippen molar-refractivity contribution < 1.29 is 19.0 Å². The average Bonchev–Trinajstić information content (AvgIpc) is 3.09. The minimum Gasteiger partial charge on any atom is -0.493 e. The number of aromatic nitrogens is 1. The third-order valence-electron chi connectivity index (χ3n) is 4.57. The summed E-state index contributed by atoms with van der Waals surface area (Å²) >= 11 is 2.12. The number of hydrogen-bond acceptors (Lipinski definition) is 3. The van der Waals surface area contributed by atoms with E-state index in [1.807, 2.05) is 13.0 Å². The van der Waals surface area contributed by atoms with Crippen molar-refractivity contribution in [2.24, 2.45) is 0 Å². The standard InChI is InChI=1S/C21H22FIN2O3/c1-3-8-28-19-7-5-14(23)10-16(19)21(27)25-20(26)12(2)17-11-24-18-6-4-13(22)9-15(17)18/h4-7,9-12,20,24,26H,3,8H2,1-2H3,(H,25,27). The average molecular weight is 496 g/mol. The fourth-order valence-corrected chi connectivity index (χ4v) is 3.51. The lowest BCUT2D eigenvalue weighted by Crippen LogP contribution is -2.38. The molecule has 148 valence electrons. The number of fused-ring (bicyclic) bond motifs is 1. The molecule has 3 rings (SSSR count). The number of halogens is 2. The summed E-state index contributed by atoms with van der Waals surface area (Å²) in [6.07, 6.45) is 1.40. The molecule has 0 saturated carbocycles. The van der Waals surface area contributed by atoms with Crippen molar-refractivity contribution in [3.8, 4) is 5.75 Å². The first-order valence-electron chi connectivity index (χ1n) is 9.08. The molecule has 1 amide bonds. The highest BCUT2D eigenvalue weighted by atomic mass is 127. The van der Waals surface area contributed by atoms with Gasteiger partial charge in [-0.15, -0.1) is 0 Å². The molecule has 0 aliphatic carbocycles. The van der Waals surface area contributed by atoms with Crippen LogP contribution in [-0.4, -0.2) is 28.8 Å². The minimum absolute atomic E-state index is 0.351. The molecule has 0 bridgehead atoms. The molecule has 7 heteroatoms. The molecule has 0 aliphatic heterocycles. The Morgan fingerprint density at radius 1 is 1.32 bits per heavy atom. The zero-order valence-corrected chi connectivity index (χ0v) is 17.8. The van der Waals surface area contributed by atoms with E-state index in [1.165, 1.54) is 12.1 Å². The highest BCUT2D eigenvalue weighted by Crippen LogP contribution is 2.28. The number of aromatic amines is 1. The van der Waals surface area contributed by atoms with Crippen LogP contribution in [0.3, 0.4) is 0 Å². The molecule has 1 heterocycles. The van der Waals surface area contributed by atoms with Gasteiger partial charge in [-0.3, -0.25) is 4.79 Å². The Bertz CT molecular complexity index is 989. The van der Waals surface area contributed by atoms with Gasteiger partial charge < -0.3 is 20.1 Å². The van der Waals surface area contributed by atoms with Crippen molar-refractivity contribution >= 4 is 39.4 Å². The largest absolute Gasteiger partial charge is 0.493 e. The number of benzene rings is 2. The molecule has 2 aromatic carbocycles. The van der Waals surface area contributed by atoms with E-state index in [-0.39, 0.29) is 5.82 Å². The van der Waals surface area contributed by atoms with Crippen molar-refractivity contribution in [1.82, 2.24) is 10.3 Å². The van der Waals surface area contributed by atoms with Crippen LogP contribution in [0.5, 0.6) is 5.75 Å². The predicted molar refractivity (Wildman–Crippen MR) is 115 cm³/mol. The zero-order valence-electron chi connectivity index (χ0n) is 15.6. The fourth-order valence-electron chi connectivity index (χ4n) is 3.02. The number of amides is 1. The van der Waals surface area contributed by atoms with Gasteiger partial charge in [0.15, 0.2) is 0 Å². The van der Waals surface area contributed by atoms with E-state index >= 15 is 0 Å². The van der Waals surface area contributed by atoms with Crippen molar-refractivity contribution in [1.29, 1.82) is 0 Å². The van der Waals surface area contributed by atoms with Gasteiger partial charge in [0, 0.05) is 26.6 Å². The van der Waals surface area contributed by atoms with Crippen LogP contribution in [0.15, 0.2) is 42.6 Å². The molecule has 0 spiro atoms. The van der Waals surface area contributed by atoms with Crippen LogP contribution in [-0.2, 0) is 0 Å². The van der Waals surface area contributed by atoms with Crippen molar-refractivity contribution in [2.45, 2.75) is 32.4 Å². The lowest BCUT2D eigenvalue weighted by atomic mass is 9.98. The number of H-pyrrole nitrogens is 1. The molecule has 3 aromatic rings. The molecule has 2 atom stereocenters. The van der Waals surface area contributed by atoms with Crippen LogP contribution in [0.25, 0.3) is 10.9 Å². The summed E-state index contributed by atoms with van der Waals surface area (Å²) in [5, 5.41) is 13.9. The second-order valence-corrected chi connectivity index (χ2v) is 7.88. The van der Waals surface area contributed by atoms with Gasteiger partial charge in [-0.25, -0.2) is 4.39 Å². The van der Waals surface area contributed by atoms with Gasteiger partial charge in [-0.2, -0.15) is 0 Å². The minimum atomic E-state index is -1.15. The number of rotatable bonds is 7. The summed E-state index contributed by atoms with van der Waals surface area (Å²) in [6.45, 7) is 4.27. The Hall–Kier alpha value is -2.13. The summed E-state index contributed by atoms with van der Waals surface area (Å²) in [6, 6.07) is 9.78. The maximum atomic E-state index is 13.6. The Morgan fingerprint density at radius 3 is 2.86 bits per heavy atom. The summed E-state index contributed by atoms with van der Waals surface area (Å²) in [4.78, 5) is 15.8. The lowest BCUT2D eigenvalue weighted by Gasteiger charge is -2.21. The highest BCUT2D eigenvalue weighted by Gasteiger charge is 2.23. The van der Waals surface area contributed by atoms with Crippen molar-refractivity contribution in [2.75, 3.05) is 6.61 Å². The summed E-state index contributed by atoms with van der Waals surface area (Å²) in [5.41, 5.74) is 1.87. The van der Waals surface area contributed by atoms with Gasteiger partial charge in [0.25, 0.3) is 5.91 Å². The van der Waals surface area contributed by atoms with Crippen LogP contribution < -0.4 is 10.1 Å². The summed E-state index contributed by atoms with van der Waals surface area (Å²) in [5.74, 6) is -0.735. The molecule has 1 aromatic heterocycles. The second kappa shape index (κ2) is 8.91. The molecule has 0 aliphatic rings. The Labute approximate surface area is 176 Å². The lowest BCUT2D eigenvalue weighted by molar-refractivity contribution is 0.0724.